The SMILES string of the molecule is Cc1n[nH]c(Sc2cc(Cl)cc(Cl)c2)c1C(c1ccccn1)C(C)C. The van der Waals surface area contributed by atoms with Gasteiger partial charge in [0.15, 0.2) is 0 Å². The third kappa shape index (κ3) is 4.20. The van der Waals surface area contributed by atoms with Gasteiger partial charge in [-0.15, -0.1) is 0 Å². The van der Waals surface area contributed by atoms with E-state index in [9.17, 15) is 0 Å². The van der Waals surface area contributed by atoms with E-state index in [-0.39, 0.29) is 5.92 Å². The van der Waals surface area contributed by atoms with E-state index in [1.807, 2.05) is 37.4 Å². The van der Waals surface area contributed by atoms with Crippen molar-refractivity contribution in [1.29, 1.82) is 0 Å². The molecule has 0 saturated heterocycles. The summed E-state index contributed by atoms with van der Waals surface area (Å²) in [5, 5.41) is 9.86. The second kappa shape index (κ2) is 7.81. The Morgan fingerprint density at radius 2 is 1.80 bits per heavy atom. The topological polar surface area (TPSA) is 41.6 Å². The van der Waals surface area contributed by atoms with Crippen molar-refractivity contribution >= 4 is 35.0 Å². The number of benzene rings is 1. The van der Waals surface area contributed by atoms with E-state index in [0.717, 1.165) is 21.3 Å². The summed E-state index contributed by atoms with van der Waals surface area (Å²) in [6, 6.07) is 11.6. The van der Waals surface area contributed by atoms with Gasteiger partial charge >= 0.3 is 0 Å². The molecule has 1 aromatic carbocycles. The number of aromatic nitrogens is 3. The quantitative estimate of drug-likeness (QED) is 0.549. The lowest BCUT2D eigenvalue weighted by atomic mass is 9.85. The first kappa shape index (κ1) is 18.3. The van der Waals surface area contributed by atoms with Crippen LogP contribution in [0.1, 0.15) is 36.7 Å². The average molecular weight is 392 g/mol. The zero-order valence-electron chi connectivity index (χ0n) is 14.3. The largest absolute Gasteiger partial charge is 0.271 e. The first-order valence-corrected chi connectivity index (χ1v) is 9.62. The van der Waals surface area contributed by atoms with Crippen LogP contribution < -0.4 is 0 Å². The average Bonchev–Trinajstić information content (AvgIpc) is 2.88. The van der Waals surface area contributed by atoms with E-state index in [0.29, 0.717) is 16.0 Å². The van der Waals surface area contributed by atoms with Gasteiger partial charge in [-0.3, -0.25) is 10.1 Å². The highest BCUT2D eigenvalue weighted by atomic mass is 35.5. The van der Waals surface area contributed by atoms with Gasteiger partial charge in [0.25, 0.3) is 0 Å². The van der Waals surface area contributed by atoms with Crippen molar-refractivity contribution in [3.8, 4) is 0 Å². The number of H-pyrrole nitrogens is 1. The second-order valence-corrected chi connectivity index (χ2v) is 8.19. The molecule has 1 N–H and O–H groups in total. The van der Waals surface area contributed by atoms with Crippen LogP contribution in [-0.2, 0) is 0 Å². The van der Waals surface area contributed by atoms with Crippen LogP contribution in [0.5, 0.6) is 0 Å². The number of aryl methyl sites for hydroxylation is 1. The predicted molar refractivity (Wildman–Crippen MR) is 105 cm³/mol. The Labute approximate surface area is 162 Å². The molecule has 3 aromatic rings. The summed E-state index contributed by atoms with van der Waals surface area (Å²) >= 11 is 13.9. The van der Waals surface area contributed by atoms with Gasteiger partial charge in [-0.05, 0) is 43.2 Å². The molecule has 2 heterocycles. The lowest BCUT2D eigenvalue weighted by Gasteiger charge is -2.21. The molecule has 0 amide bonds. The Morgan fingerprint density at radius 1 is 1.08 bits per heavy atom. The van der Waals surface area contributed by atoms with Crippen LogP contribution in [0, 0.1) is 12.8 Å². The van der Waals surface area contributed by atoms with Gasteiger partial charge < -0.3 is 0 Å². The third-order valence-corrected chi connectivity index (χ3v) is 5.42. The Hall–Kier alpha value is -1.49. The van der Waals surface area contributed by atoms with Crippen molar-refractivity contribution in [3.05, 3.63) is 69.6 Å². The molecule has 6 heteroatoms. The fourth-order valence-corrected chi connectivity index (χ4v) is 4.69. The van der Waals surface area contributed by atoms with Crippen LogP contribution in [0.15, 0.2) is 52.5 Å². The molecule has 0 aliphatic heterocycles. The molecular formula is C19H19Cl2N3S. The molecule has 0 aliphatic rings. The normalized spacial score (nSPS) is 12.6. The minimum Gasteiger partial charge on any atom is -0.271 e. The van der Waals surface area contributed by atoms with Gasteiger partial charge in [0.05, 0.1) is 10.7 Å². The summed E-state index contributed by atoms with van der Waals surface area (Å²) in [5.41, 5.74) is 3.21. The zero-order chi connectivity index (χ0) is 18.0. The molecule has 1 unspecified atom stereocenters. The standard InChI is InChI=1S/C19H19Cl2N3S/c1-11(2)17(16-6-4-5-7-22-16)18-12(3)23-24-19(18)25-15-9-13(20)8-14(21)10-15/h4-11,17H,1-3H3,(H,23,24). The van der Waals surface area contributed by atoms with Crippen molar-refractivity contribution in [2.45, 2.75) is 36.6 Å². The Morgan fingerprint density at radius 3 is 2.40 bits per heavy atom. The molecule has 0 bridgehead atoms. The van der Waals surface area contributed by atoms with Crippen molar-refractivity contribution in [3.63, 3.8) is 0 Å². The van der Waals surface area contributed by atoms with Crippen LogP contribution in [0.3, 0.4) is 0 Å². The molecule has 0 aliphatic carbocycles. The minimum absolute atomic E-state index is 0.164. The van der Waals surface area contributed by atoms with Crippen molar-refractivity contribution in [1.82, 2.24) is 15.2 Å². The van der Waals surface area contributed by atoms with E-state index in [1.54, 1.807) is 17.8 Å². The van der Waals surface area contributed by atoms with Gasteiger partial charge in [0, 0.05) is 38.3 Å². The van der Waals surface area contributed by atoms with Crippen molar-refractivity contribution in [2.24, 2.45) is 5.92 Å². The monoisotopic (exact) mass is 391 g/mol. The maximum Gasteiger partial charge on any atom is 0.0997 e. The molecule has 0 fully saturated rings. The number of nitrogens with one attached hydrogen (secondary N) is 1. The first-order valence-electron chi connectivity index (χ1n) is 8.05. The molecule has 0 spiro atoms. The second-order valence-electron chi connectivity index (χ2n) is 6.24. The highest BCUT2D eigenvalue weighted by Gasteiger charge is 2.26. The van der Waals surface area contributed by atoms with Gasteiger partial charge in [0.2, 0.25) is 0 Å². The molecular weight excluding hydrogens is 373 g/mol. The van der Waals surface area contributed by atoms with Crippen LogP contribution in [0.4, 0.5) is 0 Å². The molecule has 2 aromatic heterocycles. The summed E-state index contributed by atoms with van der Waals surface area (Å²) in [6.45, 7) is 6.44. The summed E-state index contributed by atoms with van der Waals surface area (Å²) in [7, 11) is 0. The van der Waals surface area contributed by atoms with Gasteiger partial charge in [-0.1, -0.05) is 54.9 Å². The van der Waals surface area contributed by atoms with E-state index in [1.165, 1.54) is 5.56 Å². The lowest BCUT2D eigenvalue weighted by molar-refractivity contribution is 0.543. The van der Waals surface area contributed by atoms with E-state index in [2.05, 4.69) is 35.1 Å². The van der Waals surface area contributed by atoms with E-state index in [4.69, 9.17) is 23.2 Å². The number of aromatic amines is 1. The van der Waals surface area contributed by atoms with Gasteiger partial charge in [0.1, 0.15) is 0 Å². The number of halogens is 2. The number of hydrogen-bond acceptors (Lipinski definition) is 3. The molecule has 0 radical (unpaired) electrons. The zero-order valence-corrected chi connectivity index (χ0v) is 16.6. The van der Waals surface area contributed by atoms with Crippen molar-refractivity contribution < 1.29 is 0 Å². The predicted octanol–water partition coefficient (Wildman–Crippen LogP) is 6.36. The lowest BCUT2D eigenvalue weighted by Crippen LogP contribution is -2.11. The van der Waals surface area contributed by atoms with Crippen molar-refractivity contribution in [2.75, 3.05) is 0 Å². The number of nitrogens with zero attached hydrogens (tertiary/aromatic N) is 2. The molecule has 25 heavy (non-hydrogen) atoms. The number of rotatable bonds is 5. The smallest absolute Gasteiger partial charge is 0.0997 e. The molecule has 3 rings (SSSR count). The number of pyridine rings is 1. The van der Waals surface area contributed by atoms with Gasteiger partial charge in [-0.25, -0.2) is 0 Å². The van der Waals surface area contributed by atoms with Crippen LogP contribution in [0.2, 0.25) is 10.0 Å². The summed E-state index contributed by atoms with van der Waals surface area (Å²) in [4.78, 5) is 5.56. The molecule has 0 saturated carbocycles. The molecule has 1 atom stereocenters. The summed E-state index contributed by atoms with van der Waals surface area (Å²) in [6.07, 6.45) is 1.84. The minimum atomic E-state index is 0.164. The molecule has 3 nitrogen and oxygen atoms in total. The highest BCUT2D eigenvalue weighted by Crippen LogP contribution is 2.40. The van der Waals surface area contributed by atoms with Crippen LogP contribution >= 0.6 is 35.0 Å². The van der Waals surface area contributed by atoms with Crippen LogP contribution in [-0.4, -0.2) is 15.2 Å². The van der Waals surface area contributed by atoms with Gasteiger partial charge in [-0.2, -0.15) is 5.10 Å². The highest BCUT2D eigenvalue weighted by molar-refractivity contribution is 7.99. The maximum absolute atomic E-state index is 6.14. The van der Waals surface area contributed by atoms with Crippen LogP contribution in [0.25, 0.3) is 0 Å². The third-order valence-electron chi connectivity index (χ3n) is 4.00. The summed E-state index contributed by atoms with van der Waals surface area (Å²) < 4.78 is 0. The summed E-state index contributed by atoms with van der Waals surface area (Å²) in [5.74, 6) is 0.547. The Bertz CT molecular complexity index is 842. The Balaban J connectivity index is 2.03. The van der Waals surface area contributed by atoms with E-state index >= 15 is 0 Å². The fourth-order valence-electron chi connectivity index (χ4n) is 2.95. The maximum atomic E-state index is 6.14. The first-order chi connectivity index (χ1) is 12.0. The van der Waals surface area contributed by atoms with E-state index < -0.39 is 0 Å². The Kier molecular flexibility index (Phi) is 5.72. The number of hydrogen-bond donors (Lipinski definition) is 1. The molecule has 130 valence electrons. The fraction of sp³-hybridized carbons (Fsp3) is 0.263.